The van der Waals surface area contributed by atoms with E-state index in [0.717, 1.165) is 18.6 Å². The number of ketones is 1. The van der Waals surface area contributed by atoms with Crippen molar-refractivity contribution in [2.24, 2.45) is 0 Å². The Labute approximate surface area is 98.2 Å². The number of rotatable bonds is 3. The minimum absolute atomic E-state index is 0.0668. The summed E-state index contributed by atoms with van der Waals surface area (Å²) in [4.78, 5) is 12.0. The Morgan fingerprint density at radius 1 is 1.56 bits per heavy atom. The molecule has 86 valence electrons. The maximum absolute atomic E-state index is 13.6. The molecule has 1 aliphatic rings. The lowest BCUT2D eigenvalue weighted by Gasteiger charge is -2.09. The van der Waals surface area contributed by atoms with Crippen molar-refractivity contribution in [1.82, 2.24) is 0 Å². The van der Waals surface area contributed by atoms with Crippen molar-refractivity contribution < 1.29 is 13.9 Å². The predicted octanol–water partition coefficient (Wildman–Crippen LogP) is 2.91. The summed E-state index contributed by atoms with van der Waals surface area (Å²) < 4.78 is 18.5. The van der Waals surface area contributed by atoms with Crippen LogP contribution >= 0.6 is 11.8 Å². The van der Waals surface area contributed by atoms with Gasteiger partial charge in [-0.15, -0.1) is 0 Å². The maximum Gasteiger partial charge on any atom is 0.178 e. The Bertz CT molecular complexity index is 400. The molecule has 0 radical (unpaired) electrons. The normalized spacial score (nSPS) is 19.8. The highest BCUT2D eigenvalue weighted by Crippen LogP contribution is 2.30. The van der Waals surface area contributed by atoms with Gasteiger partial charge in [0.1, 0.15) is 11.6 Å². The maximum atomic E-state index is 13.6. The zero-order valence-electron chi connectivity index (χ0n) is 9.03. The van der Waals surface area contributed by atoms with Crippen molar-refractivity contribution in [3.05, 3.63) is 29.6 Å². The fourth-order valence-electron chi connectivity index (χ4n) is 1.78. The molecule has 0 bridgehead atoms. The summed E-state index contributed by atoms with van der Waals surface area (Å²) in [6.45, 7) is 0. The molecule has 0 amide bonds. The number of benzene rings is 1. The fourth-order valence-corrected chi connectivity index (χ4v) is 3.01. The summed E-state index contributed by atoms with van der Waals surface area (Å²) in [6, 6.07) is 4.39. The largest absolute Gasteiger partial charge is 0.497 e. The Hall–Kier alpha value is -1.03. The highest BCUT2D eigenvalue weighted by molar-refractivity contribution is 8.00. The van der Waals surface area contributed by atoms with Gasteiger partial charge in [0, 0.05) is 6.07 Å². The molecule has 16 heavy (non-hydrogen) atoms. The summed E-state index contributed by atoms with van der Waals surface area (Å²) in [7, 11) is 1.48. The van der Waals surface area contributed by atoms with Gasteiger partial charge in [-0.05, 0) is 30.7 Å². The number of Topliss-reactive ketones (excluding diaryl/α,β-unsaturated/α-hetero) is 1. The number of ether oxygens (including phenoxy) is 1. The van der Waals surface area contributed by atoms with Gasteiger partial charge in [0.05, 0.1) is 17.9 Å². The summed E-state index contributed by atoms with van der Waals surface area (Å²) in [6.07, 6.45) is 1.90. The van der Waals surface area contributed by atoms with Crippen LogP contribution in [0.2, 0.25) is 0 Å². The smallest absolute Gasteiger partial charge is 0.178 e. The summed E-state index contributed by atoms with van der Waals surface area (Å²) in [5.41, 5.74) is 0.181. The average molecular weight is 240 g/mol. The zero-order valence-corrected chi connectivity index (χ0v) is 9.85. The number of carbonyl (C=O) groups excluding carboxylic acids is 1. The molecule has 1 unspecified atom stereocenters. The Balaban J connectivity index is 2.22. The Morgan fingerprint density at radius 3 is 2.94 bits per heavy atom. The SMILES string of the molecule is COc1ccc(C(=O)C2CCCS2)c(F)c1. The molecule has 1 heterocycles. The first kappa shape index (κ1) is 11.5. The van der Waals surface area contributed by atoms with Crippen LogP contribution in [0.3, 0.4) is 0 Å². The molecule has 2 rings (SSSR count). The molecular weight excluding hydrogens is 227 g/mol. The van der Waals surface area contributed by atoms with E-state index in [9.17, 15) is 9.18 Å². The second-order valence-corrected chi connectivity index (χ2v) is 5.02. The molecule has 4 heteroatoms. The lowest BCUT2D eigenvalue weighted by Crippen LogP contribution is -2.15. The second-order valence-electron chi connectivity index (χ2n) is 3.71. The van der Waals surface area contributed by atoms with Crippen molar-refractivity contribution in [3.8, 4) is 5.75 Å². The summed E-state index contributed by atoms with van der Waals surface area (Å²) in [5.74, 6) is 0.849. The van der Waals surface area contributed by atoms with Gasteiger partial charge in [-0.1, -0.05) is 0 Å². The molecule has 1 atom stereocenters. The van der Waals surface area contributed by atoms with Crippen LogP contribution in [0.25, 0.3) is 0 Å². The average Bonchev–Trinajstić information content (AvgIpc) is 2.81. The molecule has 0 aromatic heterocycles. The number of methoxy groups -OCH3 is 1. The minimum atomic E-state index is -0.489. The Morgan fingerprint density at radius 2 is 2.38 bits per heavy atom. The highest BCUT2D eigenvalue weighted by atomic mass is 32.2. The summed E-state index contributed by atoms with van der Waals surface area (Å²) >= 11 is 1.62. The number of hydrogen-bond donors (Lipinski definition) is 0. The molecule has 1 aliphatic heterocycles. The molecule has 2 nitrogen and oxygen atoms in total. The van der Waals surface area contributed by atoms with Gasteiger partial charge < -0.3 is 4.74 Å². The van der Waals surface area contributed by atoms with Crippen molar-refractivity contribution in [1.29, 1.82) is 0 Å². The second kappa shape index (κ2) is 4.87. The number of halogens is 1. The molecule has 0 saturated carbocycles. The van der Waals surface area contributed by atoms with Crippen molar-refractivity contribution in [3.63, 3.8) is 0 Å². The van der Waals surface area contributed by atoms with E-state index in [4.69, 9.17) is 4.74 Å². The zero-order chi connectivity index (χ0) is 11.5. The lowest BCUT2D eigenvalue weighted by atomic mass is 10.0. The van der Waals surface area contributed by atoms with Gasteiger partial charge >= 0.3 is 0 Å². The van der Waals surface area contributed by atoms with E-state index in [-0.39, 0.29) is 16.6 Å². The topological polar surface area (TPSA) is 26.3 Å². The number of hydrogen-bond acceptors (Lipinski definition) is 3. The van der Waals surface area contributed by atoms with Gasteiger partial charge in [-0.3, -0.25) is 4.79 Å². The van der Waals surface area contributed by atoms with Crippen LogP contribution in [0, 0.1) is 5.82 Å². The molecule has 1 fully saturated rings. The molecular formula is C12H13FO2S. The van der Waals surface area contributed by atoms with Crippen LogP contribution < -0.4 is 4.74 Å². The minimum Gasteiger partial charge on any atom is -0.497 e. The third kappa shape index (κ3) is 2.21. The van der Waals surface area contributed by atoms with E-state index in [1.807, 2.05) is 0 Å². The van der Waals surface area contributed by atoms with Crippen molar-refractivity contribution in [2.45, 2.75) is 18.1 Å². The summed E-state index contributed by atoms with van der Waals surface area (Å²) in [5, 5.41) is -0.0668. The molecule has 1 saturated heterocycles. The molecule has 1 aromatic carbocycles. The van der Waals surface area contributed by atoms with Crippen LogP contribution in [0.1, 0.15) is 23.2 Å². The number of carbonyl (C=O) groups is 1. The molecule has 0 spiro atoms. The van der Waals surface area contributed by atoms with E-state index in [0.29, 0.717) is 5.75 Å². The van der Waals surface area contributed by atoms with Gasteiger partial charge in [-0.2, -0.15) is 11.8 Å². The van der Waals surface area contributed by atoms with E-state index < -0.39 is 5.82 Å². The highest BCUT2D eigenvalue weighted by Gasteiger charge is 2.26. The fraction of sp³-hybridized carbons (Fsp3) is 0.417. The van der Waals surface area contributed by atoms with Gasteiger partial charge in [-0.25, -0.2) is 4.39 Å². The van der Waals surface area contributed by atoms with E-state index in [1.165, 1.54) is 19.2 Å². The van der Waals surface area contributed by atoms with E-state index in [2.05, 4.69) is 0 Å². The molecule has 0 N–H and O–H groups in total. The van der Waals surface area contributed by atoms with Gasteiger partial charge in [0.15, 0.2) is 5.78 Å². The monoisotopic (exact) mass is 240 g/mol. The number of thioether (sulfide) groups is 1. The van der Waals surface area contributed by atoms with Gasteiger partial charge in [0.2, 0.25) is 0 Å². The standard InChI is InChI=1S/C12H13FO2S/c1-15-8-4-5-9(10(13)7-8)12(14)11-3-2-6-16-11/h4-5,7,11H,2-3,6H2,1H3. The van der Waals surface area contributed by atoms with Crippen LogP contribution in [0.5, 0.6) is 5.75 Å². The van der Waals surface area contributed by atoms with E-state index >= 15 is 0 Å². The first-order valence-corrected chi connectivity index (χ1v) is 6.26. The van der Waals surface area contributed by atoms with Crippen molar-refractivity contribution in [2.75, 3.05) is 12.9 Å². The third-order valence-electron chi connectivity index (χ3n) is 2.66. The predicted molar refractivity (Wildman–Crippen MR) is 62.8 cm³/mol. The third-order valence-corrected chi connectivity index (χ3v) is 4.04. The molecule has 1 aromatic rings. The van der Waals surface area contributed by atoms with Gasteiger partial charge in [0.25, 0.3) is 0 Å². The molecule has 0 aliphatic carbocycles. The Kier molecular flexibility index (Phi) is 3.49. The van der Waals surface area contributed by atoms with Crippen LogP contribution in [0.4, 0.5) is 4.39 Å². The van der Waals surface area contributed by atoms with Crippen LogP contribution in [-0.2, 0) is 0 Å². The lowest BCUT2D eigenvalue weighted by molar-refractivity contribution is 0.0984. The van der Waals surface area contributed by atoms with Crippen LogP contribution in [-0.4, -0.2) is 23.9 Å². The first-order valence-electron chi connectivity index (χ1n) is 5.21. The van der Waals surface area contributed by atoms with Crippen LogP contribution in [0.15, 0.2) is 18.2 Å². The first-order chi connectivity index (χ1) is 7.72. The quantitative estimate of drug-likeness (QED) is 0.760. The van der Waals surface area contributed by atoms with E-state index in [1.54, 1.807) is 17.8 Å². The van der Waals surface area contributed by atoms with Crippen molar-refractivity contribution >= 4 is 17.5 Å².